The summed E-state index contributed by atoms with van der Waals surface area (Å²) in [4.78, 5) is 0. The molecule has 2 nitrogen and oxygen atoms in total. The van der Waals surface area contributed by atoms with Crippen molar-refractivity contribution in [2.75, 3.05) is 6.61 Å². The summed E-state index contributed by atoms with van der Waals surface area (Å²) in [6.45, 7) is 3.54. The van der Waals surface area contributed by atoms with Crippen molar-refractivity contribution in [3.63, 3.8) is 0 Å². The molecule has 1 atom stereocenters. The number of halogens is 1. The highest BCUT2D eigenvalue weighted by Crippen LogP contribution is 2.53. The van der Waals surface area contributed by atoms with Crippen molar-refractivity contribution < 1.29 is 13.3 Å². The van der Waals surface area contributed by atoms with Gasteiger partial charge in [-0.2, -0.15) is 4.20 Å². The van der Waals surface area contributed by atoms with E-state index in [1.807, 2.05) is 0 Å². The molecule has 1 fully saturated rings. The molecule has 1 unspecified atom stereocenters. The van der Waals surface area contributed by atoms with Crippen LogP contribution in [0.15, 0.2) is 0 Å². The smallest absolute Gasteiger partial charge is 0.305 e. The highest BCUT2D eigenvalue weighted by molar-refractivity contribution is 7.54. The summed E-state index contributed by atoms with van der Waals surface area (Å²) in [6.07, 6.45) is 5.86. The predicted molar refractivity (Wildman–Crippen MR) is 56.4 cm³/mol. The third-order valence-electron chi connectivity index (χ3n) is 2.83. The Bertz CT molecular complexity index is 212. The second-order valence-electron chi connectivity index (χ2n) is 4.41. The van der Waals surface area contributed by atoms with Gasteiger partial charge in [0.2, 0.25) is 0 Å². The van der Waals surface area contributed by atoms with Crippen molar-refractivity contribution >= 4 is 7.68 Å². The van der Waals surface area contributed by atoms with Crippen LogP contribution in [0, 0.1) is 5.92 Å². The summed E-state index contributed by atoms with van der Waals surface area (Å²) < 4.78 is 29.5. The summed E-state index contributed by atoms with van der Waals surface area (Å²) in [5.74, 6) is 0.423. The summed E-state index contributed by atoms with van der Waals surface area (Å²) >= 11 is 0. The zero-order valence-electron chi connectivity index (χ0n) is 9.04. The van der Waals surface area contributed by atoms with Crippen LogP contribution in [0.25, 0.3) is 0 Å². The van der Waals surface area contributed by atoms with Crippen molar-refractivity contribution in [1.82, 2.24) is 0 Å². The largest absolute Gasteiger partial charge is 0.369 e. The molecule has 14 heavy (non-hydrogen) atoms. The van der Waals surface area contributed by atoms with Gasteiger partial charge in [0, 0.05) is 0 Å². The van der Waals surface area contributed by atoms with E-state index in [1.54, 1.807) is 13.8 Å². The zero-order chi connectivity index (χ0) is 10.6. The molecule has 0 bridgehead atoms. The van der Waals surface area contributed by atoms with Gasteiger partial charge >= 0.3 is 7.68 Å². The van der Waals surface area contributed by atoms with E-state index < -0.39 is 13.3 Å². The minimum atomic E-state index is -3.83. The Hall–Kier alpha value is 0.120. The van der Waals surface area contributed by atoms with Gasteiger partial charge in [0.15, 0.2) is 0 Å². The molecule has 84 valence electrons. The molecule has 0 aromatic carbocycles. The SMILES string of the molecule is CC(C)P(=O)(F)OCC1CCCCC1. The van der Waals surface area contributed by atoms with Crippen molar-refractivity contribution in [2.45, 2.75) is 51.6 Å². The van der Waals surface area contributed by atoms with Crippen LogP contribution in [-0.2, 0) is 9.09 Å². The van der Waals surface area contributed by atoms with Crippen molar-refractivity contribution in [2.24, 2.45) is 5.92 Å². The van der Waals surface area contributed by atoms with Gasteiger partial charge in [-0.3, -0.25) is 4.57 Å². The van der Waals surface area contributed by atoms with Crippen LogP contribution in [0.3, 0.4) is 0 Å². The summed E-state index contributed by atoms with van der Waals surface area (Å²) in [5.41, 5.74) is -0.508. The lowest BCUT2D eigenvalue weighted by atomic mass is 9.90. The minimum Gasteiger partial charge on any atom is -0.305 e. The maximum atomic E-state index is 13.3. The van der Waals surface area contributed by atoms with Crippen molar-refractivity contribution in [3.8, 4) is 0 Å². The van der Waals surface area contributed by atoms with E-state index in [2.05, 4.69) is 0 Å². The van der Waals surface area contributed by atoms with Crippen molar-refractivity contribution in [1.29, 1.82) is 0 Å². The summed E-state index contributed by atoms with van der Waals surface area (Å²) in [6, 6.07) is 0. The van der Waals surface area contributed by atoms with E-state index in [4.69, 9.17) is 4.52 Å². The maximum Gasteiger partial charge on any atom is 0.369 e. The normalized spacial score (nSPS) is 23.7. The first-order valence-corrected chi connectivity index (χ1v) is 7.05. The first-order valence-electron chi connectivity index (χ1n) is 5.46. The van der Waals surface area contributed by atoms with Gasteiger partial charge in [-0.1, -0.05) is 33.1 Å². The van der Waals surface area contributed by atoms with Gasteiger partial charge < -0.3 is 4.52 Å². The first kappa shape index (κ1) is 12.2. The van der Waals surface area contributed by atoms with E-state index in [0.29, 0.717) is 12.5 Å². The van der Waals surface area contributed by atoms with Gasteiger partial charge in [-0.05, 0) is 18.8 Å². The van der Waals surface area contributed by atoms with Crippen LogP contribution in [0.1, 0.15) is 46.0 Å². The topological polar surface area (TPSA) is 26.3 Å². The lowest BCUT2D eigenvalue weighted by Gasteiger charge is -2.22. The second kappa shape index (κ2) is 5.27. The number of rotatable bonds is 4. The fourth-order valence-electron chi connectivity index (χ4n) is 1.71. The zero-order valence-corrected chi connectivity index (χ0v) is 9.93. The Morgan fingerprint density at radius 2 is 1.93 bits per heavy atom. The van der Waals surface area contributed by atoms with Gasteiger partial charge in [0.05, 0.1) is 12.3 Å². The third-order valence-corrected chi connectivity index (χ3v) is 4.56. The quantitative estimate of drug-likeness (QED) is 0.668. The van der Waals surface area contributed by atoms with Gasteiger partial charge in [-0.25, -0.2) is 0 Å². The van der Waals surface area contributed by atoms with E-state index >= 15 is 0 Å². The highest BCUT2D eigenvalue weighted by Gasteiger charge is 2.28. The molecular formula is C10H20FO2P. The van der Waals surface area contributed by atoms with E-state index in [0.717, 1.165) is 12.8 Å². The lowest BCUT2D eigenvalue weighted by Crippen LogP contribution is -2.13. The van der Waals surface area contributed by atoms with Crippen LogP contribution in [0.4, 0.5) is 4.20 Å². The number of hydrogen-bond acceptors (Lipinski definition) is 2. The van der Waals surface area contributed by atoms with Gasteiger partial charge in [-0.15, -0.1) is 0 Å². The molecule has 1 aliphatic carbocycles. The van der Waals surface area contributed by atoms with E-state index in [1.165, 1.54) is 19.3 Å². The van der Waals surface area contributed by atoms with Gasteiger partial charge in [0.1, 0.15) is 0 Å². The molecule has 0 radical (unpaired) electrons. The predicted octanol–water partition coefficient (Wildman–Crippen LogP) is 4.15. The second-order valence-corrected chi connectivity index (χ2v) is 6.75. The minimum absolute atomic E-state index is 0.339. The molecule has 4 heteroatoms. The fourth-order valence-corrected chi connectivity index (χ4v) is 2.42. The molecular weight excluding hydrogens is 202 g/mol. The van der Waals surface area contributed by atoms with Gasteiger partial charge in [0.25, 0.3) is 0 Å². The Morgan fingerprint density at radius 1 is 1.36 bits per heavy atom. The standard InChI is InChI=1S/C10H20FO2P/c1-9(2)14(11,12)13-8-10-6-4-3-5-7-10/h9-10H,3-8H2,1-2H3. The molecule has 0 saturated heterocycles. The molecule has 0 amide bonds. The Morgan fingerprint density at radius 3 is 2.43 bits per heavy atom. The monoisotopic (exact) mass is 222 g/mol. The molecule has 0 aromatic heterocycles. The highest BCUT2D eigenvalue weighted by atomic mass is 31.2. The summed E-state index contributed by atoms with van der Waals surface area (Å²) in [7, 11) is -3.83. The molecule has 1 saturated carbocycles. The Kier molecular flexibility index (Phi) is 4.59. The lowest BCUT2D eigenvalue weighted by molar-refractivity contribution is 0.196. The third kappa shape index (κ3) is 3.70. The van der Waals surface area contributed by atoms with Crippen LogP contribution < -0.4 is 0 Å². The van der Waals surface area contributed by atoms with E-state index in [-0.39, 0.29) is 0 Å². The average Bonchev–Trinajstić information content (AvgIpc) is 2.16. The van der Waals surface area contributed by atoms with Crippen LogP contribution in [0.2, 0.25) is 0 Å². The van der Waals surface area contributed by atoms with Crippen molar-refractivity contribution in [3.05, 3.63) is 0 Å². The number of hydrogen-bond donors (Lipinski definition) is 0. The van der Waals surface area contributed by atoms with Crippen LogP contribution in [-0.4, -0.2) is 12.3 Å². The first-order chi connectivity index (χ1) is 6.52. The summed E-state index contributed by atoms with van der Waals surface area (Å²) in [5, 5.41) is 0. The fraction of sp³-hybridized carbons (Fsp3) is 1.00. The Labute approximate surface area is 85.8 Å². The molecule has 0 N–H and O–H groups in total. The van der Waals surface area contributed by atoms with Crippen LogP contribution >= 0.6 is 7.68 Å². The molecule has 0 aliphatic heterocycles. The molecule has 0 heterocycles. The molecule has 1 aliphatic rings. The van der Waals surface area contributed by atoms with Crippen LogP contribution in [0.5, 0.6) is 0 Å². The van der Waals surface area contributed by atoms with E-state index in [9.17, 15) is 8.76 Å². The molecule has 0 aromatic rings. The molecule has 0 spiro atoms. The molecule has 1 rings (SSSR count). The Balaban J connectivity index is 2.28. The average molecular weight is 222 g/mol. The maximum absolute atomic E-state index is 13.3.